The van der Waals surface area contributed by atoms with E-state index in [0.29, 0.717) is 38.6 Å². The number of ether oxygens (including phenoxy) is 4. The van der Waals surface area contributed by atoms with Crippen LogP contribution in [0.1, 0.15) is 45.2 Å². The van der Waals surface area contributed by atoms with E-state index in [1.165, 1.54) is 7.11 Å². The highest BCUT2D eigenvalue weighted by Crippen LogP contribution is 2.40. The minimum Gasteiger partial charge on any atom is -0.493 e. The summed E-state index contributed by atoms with van der Waals surface area (Å²) >= 11 is 8.84. The zero-order valence-corrected chi connectivity index (χ0v) is 20.4. The number of allylic oxidation sites excluding steroid dienone is 1. The van der Waals surface area contributed by atoms with E-state index in [9.17, 15) is 9.59 Å². The molecule has 1 aliphatic rings. The Morgan fingerprint density at radius 1 is 1.16 bits per heavy atom. The van der Waals surface area contributed by atoms with Crippen molar-refractivity contribution in [3.8, 4) is 11.5 Å². The number of carbonyl (C=O) groups is 2. The van der Waals surface area contributed by atoms with Crippen LogP contribution in [0.3, 0.4) is 0 Å². The van der Waals surface area contributed by atoms with E-state index in [1.807, 2.05) is 6.92 Å². The molecule has 0 saturated carbocycles. The largest absolute Gasteiger partial charge is 0.493 e. The summed E-state index contributed by atoms with van der Waals surface area (Å²) in [7, 11) is 1.49. The number of methoxy groups -OCH3 is 1. The maximum Gasteiger partial charge on any atom is 0.344 e. The van der Waals surface area contributed by atoms with Crippen LogP contribution in [0.2, 0.25) is 0 Å². The fourth-order valence-corrected chi connectivity index (χ4v) is 3.96. The van der Waals surface area contributed by atoms with E-state index in [2.05, 4.69) is 26.6 Å². The number of esters is 2. The number of halogens is 1. The predicted octanol–water partition coefficient (Wildman–Crippen LogP) is 3.54. The maximum absolute atomic E-state index is 12.8. The van der Waals surface area contributed by atoms with Gasteiger partial charge in [-0.25, -0.2) is 9.59 Å². The summed E-state index contributed by atoms with van der Waals surface area (Å²) in [5.74, 6) is -0.162. The molecule has 2 N–H and O–H groups in total. The second kappa shape index (κ2) is 11.9. The zero-order chi connectivity index (χ0) is 23.0. The average Bonchev–Trinajstić information content (AvgIpc) is 2.72. The molecule has 0 saturated heterocycles. The van der Waals surface area contributed by atoms with Crippen molar-refractivity contribution in [3.63, 3.8) is 0 Å². The Morgan fingerprint density at radius 2 is 1.87 bits per heavy atom. The van der Waals surface area contributed by atoms with Crippen molar-refractivity contribution >= 4 is 45.2 Å². The van der Waals surface area contributed by atoms with Crippen LogP contribution >= 0.6 is 28.1 Å². The Kier molecular flexibility index (Phi) is 9.57. The first-order chi connectivity index (χ1) is 14.9. The van der Waals surface area contributed by atoms with Crippen molar-refractivity contribution in [1.29, 1.82) is 0 Å². The van der Waals surface area contributed by atoms with E-state index in [0.717, 1.165) is 12.1 Å². The maximum atomic E-state index is 12.8. The molecule has 0 bridgehead atoms. The molecule has 0 aliphatic carbocycles. The lowest BCUT2D eigenvalue weighted by atomic mass is 9.93. The molecule has 8 nitrogen and oxygen atoms in total. The summed E-state index contributed by atoms with van der Waals surface area (Å²) in [6.07, 6.45) is 1.47. The second-order valence-corrected chi connectivity index (χ2v) is 7.78. The van der Waals surface area contributed by atoms with Gasteiger partial charge in [0.1, 0.15) is 0 Å². The molecule has 0 unspecified atom stereocenters. The van der Waals surface area contributed by atoms with Crippen molar-refractivity contribution in [3.05, 3.63) is 33.4 Å². The summed E-state index contributed by atoms with van der Waals surface area (Å²) in [6.45, 7) is 5.77. The Bertz CT molecular complexity index is 874. The van der Waals surface area contributed by atoms with Crippen molar-refractivity contribution in [1.82, 2.24) is 10.6 Å². The molecule has 0 radical (unpaired) electrons. The molecule has 1 atom stereocenters. The van der Waals surface area contributed by atoms with E-state index in [1.54, 1.807) is 26.0 Å². The summed E-state index contributed by atoms with van der Waals surface area (Å²) in [6, 6.07) is 2.98. The first-order valence-corrected chi connectivity index (χ1v) is 11.2. The number of benzene rings is 1. The van der Waals surface area contributed by atoms with E-state index in [-0.39, 0.29) is 19.8 Å². The van der Waals surface area contributed by atoms with Crippen LogP contribution in [-0.4, -0.2) is 44.0 Å². The molecule has 1 heterocycles. The number of rotatable bonds is 10. The molecule has 0 spiro atoms. The minimum absolute atomic E-state index is 0.257. The van der Waals surface area contributed by atoms with Gasteiger partial charge < -0.3 is 29.6 Å². The van der Waals surface area contributed by atoms with Gasteiger partial charge in [-0.05, 0) is 66.1 Å². The first kappa shape index (κ1) is 24.9. The first-order valence-electron chi connectivity index (χ1n) is 9.99. The average molecular weight is 515 g/mol. The predicted molar refractivity (Wildman–Crippen MR) is 123 cm³/mol. The van der Waals surface area contributed by atoms with Gasteiger partial charge in [0.15, 0.2) is 23.2 Å². The monoisotopic (exact) mass is 514 g/mol. The van der Waals surface area contributed by atoms with Crippen LogP contribution in [0, 0.1) is 0 Å². The standard InChI is InChI=1S/C21H27BrN2O6S/c1-5-8-14-17(20(26)29-7-3)18(24-21(31)23-14)12-9-13(22)19(15(10-12)27-4)30-11-16(25)28-6-2/h9-10,18H,5-8,11H2,1-4H3,(H2,23,24,31)/t18-/m1/s1. The highest BCUT2D eigenvalue weighted by atomic mass is 79.9. The van der Waals surface area contributed by atoms with Gasteiger partial charge in [-0.3, -0.25) is 0 Å². The highest BCUT2D eigenvalue weighted by Gasteiger charge is 2.33. The second-order valence-electron chi connectivity index (χ2n) is 6.52. The van der Waals surface area contributed by atoms with Crippen molar-refractivity contribution in [2.24, 2.45) is 0 Å². The summed E-state index contributed by atoms with van der Waals surface area (Å²) in [4.78, 5) is 24.5. The van der Waals surface area contributed by atoms with E-state index in [4.69, 9.17) is 31.2 Å². The quantitative estimate of drug-likeness (QED) is 0.359. The van der Waals surface area contributed by atoms with Gasteiger partial charge in [-0.2, -0.15) is 0 Å². The highest BCUT2D eigenvalue weighted by molar-refractivity contribution is 9.10. The van der Waals surface area contributed by atoms with Crippen LogP contribution in [0.25, 0.3) is 0 Å². The van der Waals surface area contributed by atoms with Gasteiger partial charge >= 0.3 is 11.9 Å². The SMILES string of the molecule is CCCC1=C(C(=O)OCC)[C@@H](c2cc(Br)c(OCC(=O)OCC)c(OC)c2)NC(=S)N1. The third-order valence-electron chi connectivity index (χ3n) is 4.37. The van der Waals surface area contributed by atoms with E-state index >= 15 is 0 Å². The smallest absolute Gasteiger partial charge is 0.344 e. The zero-order valence-electron chi connectivity index (χ0n) is 18.0. The number of hydrogen-bond acceptors (Lipinski definition) is 7. The van der Waals surface area contributed by atoms with Gasteiger partial charge in [0.05, 0.1) is 36.4 Å². The fraction of sp³-hybridized carbons (Fsp3) is 0.476. The van der Waals surface area contributed by atoms with Gasteiger partial charge in [-0.15, -0.1) is 0 Å². The van der Waals surface area contributed by atoms with Gasteiger partial charge in [0.25, 0.3) is 0 Å². The van der Waals surface area contributed by atoms with E-state index < -0.39 is 18.0 Å². The normalized spacial score (nSPS) is 15.6. The van der Waals surface area contributed by atoms with Gasteiger partial charge in [-0.1, -0.05) is 13.3 Å². The topological polar surface area (TPSA) is 95.1 Å². The lowest BCUT2D eigenvalue weighted by molar-refractivity contribution is -0.145. The van der Waals surface area contributed by atoms with Crippen molar-refractivity contribution < 1.29 is 28.5 Å². The minimum atomic E-state index is -0.543. The van der Waals surface area contributed by atoms with Crippen LogP contribution in [0.5, 0.6) is 11.5 Å². The number of thiocarbonyl (C=S) groups is 1. The summed E-state index contributed by atoms with van der Waals surface area (Å²) < 4.78 is 21.8. The van der Waals surface area contributed by atoms with Crippen molar-refractivity contribution in [2.45, 2.75) is 39.7 Å². The molecule has 1 aromatic rings. The Balaban J connectivity index is 2.47. The Morgan fingerprint density at radius 3 is 2.48 bits per heavy atom. The molecule has 1 aliphatic heterocycles. The third-order valence-corrected chi connectivity index (χ3v) is 5.18. The third kappa shape index (κ3) is 6.33. The fourth-order valence-electron chi connectivity index (χ4n) is 3.15. The van der Waals surface area contributed by atoms with Crippen LogP contribution in [-0.2, 0) is 19.1 Å². The van der Waals surface area contributed by atoms with Crippen LogP contribution in [0.15, 0.2) is 27.9 Å². The lowest BCUT2D eigenvalue weighted by Crippen LogP contribution is -2.45. The summed E-state index contributed by atoms with van der Waals surface area (Å²) in [5, 5.41) is 6.65. The summed E-state index contributed by atoms with van der Waals surface area (Å²) in [5.41, 5.74) is 1.91. The molecule has 0 aromatic heterocycles. The van der Waals surface area contributed by atoms with Crippen LogP contribution in [0.4, 0.5) is 0 Å². The van der Waals surface area contributed by atoms with Crippen LogP contribution < -0.4 is 20.1 Å². The van der Waals surface area contributed by atoms with Crippen molar-refractivity contribution in [2.75, 3.05) is 26.9 Å². The van der Waals surface area contributed by atoms with Gasteiger partial charge in [0.2, 0.25) is 0 Å². The molecule has 1 aromatic carbocycles. The molecule has 0 fully saturated rings. The number of hydrogen-bond donors (Lipinski definition) is 2. The molecule has 2 rings (SSSR count). The molecular weight excluding hydrogens is 488 g/mol. The number of carbonyl (C=O) groups excluding carboxylic acids is 2. The lowest BCUT2D eigenvalue weighted by Gasteiger charge is -2.31. The number of nitrogens with one attached hydrogen (secondary N) is 2. The molecule has 10 heteroatoms. The molecule has 170 valence electrons. The Hall–Kier alpha value is -2.33. The Labute approximate surface area is 195 Å². The molecular formula is C21H27BrN2O6S. The van der Waals surface area contributed by atoms with Gasteiger partial charge in [0, 0.05) is 5.70 Å². The molecule has 31 heavy (non-hydrogen) atoms. The molecule has 0 amide bonds.